The van der Waals surface area contributed by atoms with E-state index in [1.54, 1.807) is 0 Å². The molecule has 1 aromatic rings. The number of aliphatic hydroxyl groups excluding tert-OH is 1. The molecule has 18 heavy (non-hydrogen) atoms. The van der Waals surface area contributed by atoms with E-state index in [4.69, 9.17) is 0 Å². The fraction of sp³-hybridized carbons (Fsp3) is 0.692. The van der Waals surface area contributed by atoms with Crippen molar-refractivity contribution in [1.29, 1.82) is 0 Å². The van der Waals surface area contributed by atoms with E-state index >= 15 is 0 Å². The van der Waals surface area contributed by atoms with Crippen molar-refractivity contribution in [2.45, 2.75) is 46.6 Å². The first-order chi connectivity index (χ1) is 8.30. The Bertz CT molecular complexity index is 390. The van der Waals surface area contributed by atoms with Gasteiger partial charge in [-0.1, -0.05) is 27.7 Å². The zero-order valence-electron chi connectivity index (χ0n) is 11.5. The Hall–Kier alpha value is -0.680. The maximum Gasteiger partial charge on any atom is 0.131 e. The number of aliphatic hydroxyl groups is 1. The van der Waals surface area contributed by atoms with Crippen LogP contribution in [0.4, 0.5) is 5.82 Å². The Balaban J connectivity index is 2.55. The third-order valence-corrected chi connectivity index (χ3v) is 2.83. The maximum absolute atomic E-state index is 9.92. The van der Waals surface area contributed by atoms with E-state index in [1.165, 1.54) is 0 Å². The van der Waals surface area contributed by atoms with Crippen LogP contribution in [0.1, 0.15) is 39.9 Å². The highest BCUT2D eigenvalue weighted by atomic mass is 79.9. The molecule has 0 saturated heterocycles. The minimum atomic E-state index is -0.371. The summed E-state index contributed by atoms with van der Waals surface area (Å²) in [6, 6.07) is 1.82. The highest BCUT2D eigenvalue weighted by Gasteiger charge is 2.16. The molecule has 1 heterocycles. The highest BCUT2D eigenvalue weighted by molar-refractivity contribution is 9.10. The molecule has 0 bridgehead atoms. The standard InChI is InChI=1S/C13H22BrN3O/c1-5-11-16-10(14)6-12(17-11)15-8-9(18)7-13(2,3)4/h6,9,18H,5,7-8H2,1-4H3,(H,15,16,17). The van der Waals surface area contributed by atoms with Crippen LogP contribution in [-0.2, 0) is 6.42 Å². The number of aryl methyl sites for hydroxylation is 1. The molecule has 0 amide bonds. The van der Waals surface area contributed by atoms with Crippen LogP contribution in [0.2, 0.25) is 0 Å². The zero-order chi connectivity index (χ0) is 13.8. The lowest BCUT2D eigenvalue weighted by Gasteiger charge is -2.22. The smallest absolute Gasteiger partial charge is 0.131 e. The number of halogens is 1. The van der Waals surface area contributed by atoms with Gasteiger partial charge in [0.05, 0.1) is 6.10 Å². The molecule has 1 unspecified atom stereocenters. The first kappa shape index (κ1) is 15.4. The minimum absolute atomic E-state index is 0.127. The van der Waals surface area contributed by atoms with E-state index < -0.39 is 0 Å². The van der Waals surface area contributed by atoms with E-state index in [2.05, 4.69) is 52.0 Å². The van der Waals surface area contributed by atoms with Gasteiger partial charge < -0.3 is 10.4 Å². The van der Waals surface area contributed by atoms with Crippen molar-refractivity contribution in [3.63, 3.8) is 0 Å². The normalized spacial score (nSPS) is 13.4. The number of nitrogens with zero attached hydrogens (tertiary/aromatic N) is 2. The molecule has 2 N–H and O–H groups in total. The van der Waals surface area contributed by atoms with Crippen LogP contribution >= 0.6 is 15.9 Å². The topological polar surface area (TPSA) is 58.0 Å². The fourth-order valence-corrected chi connectivity index (χ4v) is 2.14. The molecule has 5 heteroatoms. The molecule has 0 spiro atoms. The quantitative estimate of drug-likeness (QED) is 0.820. The Morgan fingerprint density at radius 1 is 1.39 bits per heavy atom. The Kier molecular flexibility index (Phi) is 5.53. The van der Waals surface area contributed by atoms with E-state index in [1.807, 2.05) is 13.0 Å². The summed E-state index contributed by atoms with van der Waals surface area (Å²) in [5.74, 6) is 1.54. The van der Waals surface area contributed by atoms with Crippen molar-refractivity contribution in [3.8, 4) is 0 Å². The molecule has 4 nitrogen and oxygen atoms in total. The number of nitrogens with one attached hydrogen (secondary N) is 1. The van der Waals surface area contributed by atoms with Crippen molar-refractivity contribution < 1.29 is 5.11 Å². The van der Waals surface area contributed by atoms with Gasteiger partial charge >= 0.3 is 0 Å². The number of aromatic nitrogens is 2. The average molecular weight is 316 g/mol. The van der Waals surface area contributed by atoms with Crippen molar-refractivity contribution in [2.75, 3.05) is 11.9 Å². The highest BCUT2D eigenvalue weighted by Crippen LogP contribution is 2.21. The van der Waals surface area contributed by atoms with Crippen LogP contribution in [0.3, 0.4) is 0 Å². The summed E-state index contributed by atoms with van der Waals surface area (Å²) in [6.07, 6.45) is 1.18. The molecule has 0 aliphatic rings. The van der Waals surface area contributed by atoms with Gasteiger partial charge in [-0.05, 0) is 27.8 Å². The zero-order valence-corrected chi connectivity index (χ0v) is 13.1. The Morgan fingerprint density at radius 2 is 2.06 bits per heavy atom. The third kappa shape index (κ3) is 5.78. The van der Waals surface area contributed by atoms with Gasteiger partial charge in [-0.25, -0.2) is 9.97 Å². The van der Waals surface area contributed by atoms with Gasteiger partial charge in [0.25, 0.3) is 0 Å². The van der Waals surface area contributed by atoms with Crippen LogP contribution in [0, 0.1) is 5.41 Å². The molecular formula is C13H22BrN3O. The minimum Gasteiger partial charge on any atom is -0.391 e. The monoisotopic (exact) mass is 315 g/mol. The molecular weight excluding hydrogens is 294 g/mol. The summed E-state index contributed by atoms with van der Waals surface area (Å²) in [7, 11) is 0. The predicted molar refractivity (Wildman–Crippen MR) is 77.7 cm³/mol. The van der Waals surface area contributed by atoms with E-state index in [9.17, 15) is 5.11 Å². The molecule has 0 aliphatic carbocycles. The second kappa shape index (κ2) is 6.48. The molecule has 1 atom stereocenters. The SMILES string of the molecule is CCc1nc(Br)cc(NCC(O)CC(C)(C)C)n1. The maximum atomic E-state index is 9.92. The number of anilines is 1. The van der Waals surface area contributed by atoms with Crippen LogP contribution < -0.4 is 5.32 Å². The second-order valence-corrected chi connectivity index (χ2v) is 6.46. The fourth-order valence-electron chi connectivity index (χ4n) is 1.71. The summed E-state index contributed by atoms with van der Waals surface area (Å²) in [4.78, 5) is 8.60. The number of rotatable bonds is 5. The average Bonchev–Trinajstić information content (AvgIpc) is 2.23. The van der Waals surface area contributed by atoms with E-state index in [-0.39, 0.29) is 11.5 Å². The number of hydrogen-bond acceptors (Lipinski definition) is 4. The van der Waals surface area contributed by atoms with E-state index in [0.29, 0.717) is 6.54 Å². The van der Waals surface area contributed by atoms with Crippen molar-refractivity contribution in [3.05, 3.63) is 16.5 Å². The predicted octanol–water partition coefficient (Wildman–Crippen LogP) is 3.01. The first-order valence-corrected chi connectivity index (χ1v) is 7.05. The van der Waals surface area contributed by atoms with Crippen molar-refractivity contribution >= 4 is 21.7 Å². The third-order valence-electron chi connectivity index (χ3n) is 2.42. The summed E-state index contributed by atoms with van der Waals surface area (Å²) >= 11 is 3.36. The molecule has 0 aliphatic heterocycles. The van der Waals surface area contributed by atoms with Crippen LogP contribution in [0.25, 0.3) is 0 Å². The van der Waals surface area contributed by atoms with Gasteiger partial charge in [-0.15, -0.1) is 0 Å². The lowest BCUT2D eigenvalue weighted by molar-refractivity contribution is 0.132. The lowest BCUT2D eigenvalue weighted by Crippen LogP contribution is -2.25. The van der Waals surface area contributed by atoms with Gasteiger partial charge in [-0.3, -0.25) is 0 Å². The van der Waals surface area contributed by atoms with Crippen LogP contribution in [0.5, 0.6) is 0 Å². The Labute approximate surface area is 117 Å². The second-order valence-electron chi connectivity index (χ2n) is 5.65. The van der Waals surface area contributed by atoms with E-state index in [0.717, 1.165) is 29.1 Å². The van der Waals surface area contributed by atoms with Gasteiger partial charge in [0.15, 0.2) is 0 Å². The first-order valence-electron chi connectivity index (χ1n) is 6.25. The summed E-state index contributed by atoms with van der Waals surface area (Å²) in [5, 5.41) is 13.1. The largest absolute Gasteiger partial charge is 0.391 e. The molecule has 1 aromatic heterocycles. The molecule has 0 saturated carbocycles. The van der Waals surface area contributed by atoms with Gasteiger partial charge in [-0.2, -0.15) is 0 Å². The summed E-state index contributed by atoms with van der Waals surface area (Å²) in [5.41, 5.74) is 0.127. The van der Waals surface area contributed by atoms with Gasteiger partial charge in [0.2, 0.25) is 0 Å². The summed E-state index contributed by atoms with van der Waals surface area (Å²) in [6.45, 7) is 8.87. The molecule has 1 rings (SSSR count). The molecule has 0 fully saturated rings. The lowest BCUT2D eigenvalue weighted by atomic mass is 9.89. The summed E-state index contributed by atoms with van der Waals surface area (Å²) < 4.78 is 0.766. The number of hydrogen-bond donors (Lipinski definition) is 2. The van der Waals surface area contributed by atoms with Gasteiger partial charge in [0, 0.05) is 19.0 Å². The molecule has 102 valence electrons. The Morgan fingerprint density at radius 3 is 2.61 bits per heavy atom. The van der Waals surface area contributed by atoms with Crippen molar-refractivity contribution in [2.24, 2.45) is 5.41 Å². The van der Waals surface area contributed by atoms with Crippen LogP contribution in [0.15, 0.2) is 10.7 Å². The molecule has 0 aromatic carbocycles. The van der Waals surface area contributed by atoms with Crippen molar-refractivity contribution in [1.82, 2.24) is 9.97 Å². The van der Waals surface area contributed by atoms with Gasteiger partial charge in [0.1, 0.15) is 16.2 Å². The molecule has 0 radical (unpaired) electrons. The van der Waals surface area contributed by atoms with Crippen LogP contribution in [-0.4, -0.2) is 27.7 Å².